The van der Waals surface area contributed by atoms with Crippen molar-refractivity contribution in [3.05, 3.63) is 60.8 Å². The molecule has 0 aliphatic rings. The Balaban J connectivity index is 3.74. The van der Waals surface area contributed by atoms with Crippen LogP contribution in [0, 0.1) is 0 Å². The molecule has 6 nitrogen and oxygen atoms in total. The third-order valence-electron chi connectivity index (χ3n) is 7.23. The third-order valence-corrected chi connectivity index (χ3v) is 7.23. The van der Waals surface area contributed by atoms with E-state index in [1.807, 2.05) is 19.1 Å². The van der Waals surface area contributed by atoms with Gasteiger partial charge in [0.25, 0.3) is 0 Å². The van der Waals surface area contributed by atoms with Crippen LogP contribution in [0.1, 0.15) is 142 Å². The molecule has 0 unspecified atom stereocenters. The van der Waals surface area contributed by atoms with E-state index in [1.54, 1.807) is 6.08 Å². The van der Waals surface area contributed by atoms with Gasteiger partial charge in [-0.1, -0.05) is 145 Å². The first kappa shape index (κ1) is 41.6. The Labute approximate surface area is 269 Å². The highest BCUT2D eigenvalue weighted by molar-refractivity contribution is 5.70. The number of carbonyl (C=O) groups excluding carboxylic acids is 2. The van der Waals surface area contributed by atoms with E-state index in [0.717, 1.165) is 51.4 Å². The van der Waals surface area contributed by atoms with Crippen LogP contribution in [-0.2, 0) is 19.1 Å². The van der Waals surface area contributed by atoms with E-state index < -0.39 is 6.10 Å². The Morgan fingerprint density at radius 2 is 1.16 bits per heavy atom. The number of ether oxygens (including phenoxy) is 2. The molecule has 0 amide bonds. The van der Waals surface area contributed by atoms with Crippen LogP contribution in [0.2, 0.25) is 0 Å². The predicted molar refractivity (Wildman–Crippen MR) is 183 cm³/mol. The summed E-state index contributed by atoms with van der Waals surface area (Å²) in [5.74, 6) is -0.683. The first-order valence-corrected chi connectivity index (χ1v) is 17.5. The van der Waals surface area contributed by atoms with E-state index in [2.05, 4.69) is 49.5 Å². The molecule has 44 heavy (non-hydrogen) atoms. The maximum Gasteiger partial charge on any atom is 0.306 e. The molecule has 0 saturated carbocycles. The molecule has 0 radical (unpaired) electrons. The zero-order valence-electron chi connectivity index (χ0n) is 28.0. The molecule has 252 valence electrons. The maximum absolute atomic E-state index is 12.1. The minimum absolute atomic E-state index is 0.0984. The van der Waals surface area contributed by atoms with Crippen molar-refractivity contribution in [3.8, 4) is 0 Å². The zero-order valence-corrected chi connectivity index (χ0v) is 28.0. The van der Waals surface area contributed by atoms with Crippen molar-refractivity contribution < 1.29 is 29.3 Å². The number of unbranched alkanes of at least 4 members (excludes halogenated alkanes) is 12. The Hall–Kier alpha value is -2.44. The van der Waals surface area contributed by atoms with Crippen LogP contribution >= 0.6 is 0 Å². The van der Waals surface area contributed by atoms with Gasteiger partial charge in [-0.2, -0.15) is 0 Å². The molecule has 0 spiro atoms. The molecule has 0 saturated heterocycles. The van der Waals surface area contributed by atoms with Gasteiger partial charge in [-0.3, -0.25) is 9.59 Å². The molecule has 2 N–H and O–H groups in total. The Morgan fingerprint density at radius 1 is 0.636 bits per heavy atom. The summed E-state index contributed by atoms with van der Waals surface area (Å²) in [6.45, 7) is 3.73. The van der Waals surface area contributed by atoms with Gasteiger partial charge in [0.15, 0.2) is 6.10 Å². The number of hydrogen-bond donors (Lipinski definition) is 2. The topological polar surface area (TPSA) is 93.1 Å². The number of rotatable bonds is 30. The monoisotopic (exact) mass is 616 g/mol. The molecule has 0 bridgehead atoms. The average Bonchev–Trinajstić information content (AvgIpc) is 3.03. The summed E-state index contributed by atoms with van der Waals surface area (Å²) in [5, 5.41) is 18.9. The number of esters is 2. The summed E-state index contributed by atoms with van der Waals surface area (Å²) in [6, 6.07) is 0. The number of hydrogen-bond acceptors (Lipinski definition) is 6. The number of aliphatic hydroxyl groups is 2. The Morgan fingerprint density at radius 3 is 1.73 bits per heavy atom. The first-order valence-electron chi connectivity index (χ1n) is 17.5. The fourth-order valence-electron chi connectivity index (χ4n) is 4.42. The minimum Gasteiger partial charge on any atom is -0.462 e. The number of aliphatic hydroxyl groups excluding tert-OH is 2. The van der Waals surface area contributed by atoms with Crippen LogP contribution in [0.5, 0.6) is 0 Å². The average molecular weight is 617 g/mol. The van der Waals surface area contributed by atoms with E-state index in [4.69, 9.17) is 9.47 Å². The van der Waals surface area contributed by atoms with Crippen LogP contribution in [0.15, 0.2) is 60.8 Å². The fourth-order valence-corrected chi connectivity index (χ4v) is 4.42. The third kappa shape index (κ3) is 31.0. The summed E-state index contributed by atoms with van der Waals surface area (Å²) in [4.78, 5) is 24.1. The van der Waals surface area contributed by atoms with Crippen molar-refractivity contribution in [1.82, 2.24) is 0 Å². The highest BCUT2D eigenvalue weighted by Crippen LogP contribution is 2.13. The molecular formula is C38H64O6. The van der Waals surface area contributed by atoms with Crippen molar-refractivity contribution in [2.24, 2.45) is 0 Å². The molecule has 0 aliphatic carbocycles. The summed E-state index contributed by atoms with van der Waals surface area (Å²) in [6.07, 6.45) is 39.4. The minimum atomic E-state index is -0.809. The molecule has 0 rings (SSSR count). The van der Waals surface area contributed by atoms with Crippen LogP contribution in [0.3, 0.4) is 0 Å². The van der Waals surface area contributed by atoms with Gasteiger partial charge >= 0.3 is 11.9 Å². The van der Waals surface area contributed by atoms with Crippen molar-refractivity contribution in [3.63, 3.8) is 0 Å². The standard InChI is InChI=1S/C38H64O6/c1-3-5-6-7-8-9-10-16-19-22-25-28-31-37(41)43-34-36(33-39)44-38(42)32-29-26-23-20-17-14-12-11-13-15-18-21-24-27-30-35(40)4-2/h12-15,20-21,23-24,27,30,35-36,39-40H,3-11,16-19,22,25-26,28-29,31-34H2,1-2H3/b14-12-,15-13-,23-20-,24-21-,30-27+/t35-,36+/m1/s1. The van der Waals surface area contributed by atoms with E-state index in [0.29, 0.717) is 12.8 Å². The smallest absolute Gasteiger partial charge is 0.306 e. The van der Waals surface area contributed by atoms with Gasteiger partial charge in [0, 0.05) is 12.8 Å². The second-order valence-corrected chi connectivity index (χ2v) is 11.4. The van der Waals surface area contributed by atoms with Crippen molar-refractivity contribution in [2.45, 2.75) is 154 Å². The molecule has 0 aliphatic heterocycles. The van der Waals surface area contributed by atoms with Crippen molar-refractivity contribution in [2.75, 3.05) is 13.2 Å². The van der Waals surface area contributed by atoms with Crippen LogP contribution in [0.25, 0.3) is 0 Å². The lowest BCUT2D eigenvalue weighted by Gasteiger charge is -2.15. The molecule has 0 heterocycles. The molecule has 2 atom stereocenters. The largest absolute Gasteiger partial charge is 0.462 e. The first-order chi connectivity index (χ1) is 21.5. The highest BCUT2D eigenvalue weighted by Gasteiger charge is 2.15. The van der Waals surface area contributed by atoms with Gasteiger partial charge in [0.05, 0.1) is 12.7 Å². The molecule has 0 aromatic heterocycles. The Bertz CT molecular complexity index is 810. The lowest BCUT2D eigenvalue weighted by atomic mass is 10.0. The molecule has 0 fully saturated rings. The predicted octanol–water partition coefficient (Wildman–Crippen LogP) is 9.42. The number of carbonyl (C=O) groups is 2. The zero-order chi connectivity index (χ0) is 32.4. The van der Waals surface area contributed by atoms with E-state index in [1.165, 1.54) is 57.8 Å². The van der Waals surface area contributed by atoms with Gasteiger partial charge in [-0.05, 0) is 44.9 Å². The molecule has 6 heteroatoms. The van der Waals surface area contributed by atoms with Gasteiger partial charge in [-0.15, -0.1) is 0 Å². The summed E-state index contributed by atoms with van der Waals surface area (Å²) < 4.78 is 10.5. The van der Waals surface area contributed by atoms with Crippen LogP contribution in [-0.4, -0.2) is 47.6 Å². The fraction of sp³-hybridized carbons (Fsp3) is 0.684. The van der Waals surface area contributed by atoms with E-state index >= 15 is 0 Å². The summed E-state index contributed by atoms with van der Waals surface area (Å²) >= 11 is 0. The Kier molecular flexibility index (Phi) is 31.6. The van der Waals surface area contributed by atoms with Gasteiger partial charge < -0.3 is 19.7 Å². The van der Waals surface area contributed by atoms with Gasteiger partial charge in [0.1, 0.15) is 6.61 Å². The van der Waals surface area contributed by atoms with Crippen LogP contribution < -0.4 is 0 Å². The quantitative estimate of drug-likeness (QED) is 0.0361. The van der Waals surface area contributed by atoms with Crippen LogP contribution in [0.4, 0.5) is 0 Å². The maximum atomic E-state index is 12.1. The SMILES string of the molecule is CCCCCCCCCCCCCCC(=O)OC[C@H](CO)OC(=O)CCC/C=C\C/C=C\C/C=C\C/C=C\C=C\[C@H](O)CC. The summed E-state index contributed by atoms with van der Waals surface area (Å²) in [7, 11) is 0. The van der Waals surface area contributed by atoms with E-state index in [-0.39, 0.29) is 37.7 Å². The second kappa shape index (κ2) is 33.5. The molecular weight excluding hydrogens is 552 g/mol. The second-order valence-electron chi connectivity index (χ2n) is 11.4. The van der Waals surface area contributed by atoms with Crippen molar-refractivity contribution >= 4 is 11.9 Å². The van der Waals surface area contributed by atoms with Gasteiger partial charge in [0.2, 0.25) is 0 Å². The summed E-state index contributed by atoms with van der Waals surface area (Å²) in [5.41, 5.74) is 0. The lowest BCUT2D eigenvalue weighted by molar-refractivity contribution is -0.161. The molecule has 0 aromatic carbocycles. The van der Waals surface area contributed by atoms with E-state index in [9.17, 15) is 19.8 Å². The number of allylic oxidation sites excluding steroid dienone is 9. The van der Waals surface area contributed by atoms with Crippen molar-refractivity contribution in [1.29, 1.82) is 0 Å². The highest BCUT2D eigenvalue weighted by atomic mass is 16.6. The van der Waals surface area contributed by atoms with Gasteiger partial charge in [-0.25, -0.2) is 0 Å². The normalized spacial score (nSPS) is 13.6. The molecule has 0 aromatic rings. The lowest BCUT2D eigenvalue weighted by Crippen LogP contribution is -2.28.